The fourth-order valence-electron chi connectivity index (χ4n) is 4.63. The predicted octanol–water partition coefficient (Wildman–Crippen LogP) is 5.88. The lowest BCUT2D eigenvalue weighted by Crippen LogP contribution is -2.40. The Labute approximate surface area is 232 Å². The molecule has 1 N–H and O–H groups in total. The first-order chi connectivity index (χ1) is 19.0. The van der Waals surface area contributed by atoms with Crippen molar-refractivity contribution in [2.24, 2.45) is 0 Å². The molecule has 12 heteroatoms. The van der Waals surface area contributed by atoms with Crippen molar-refractivity contribution in [1.29, 1.82) is 0 Å². The molecule has 1 heterocycles. The number of carboxylic acids is 1. The van der Waals surface area contributed by atoms with Crippen molar-refractivity contribution < 1.29 is 46.8 Å². The van der Waals surface area contributed by atoms with Gasteiger partial charge in [0.05, 0.1) is 45.5 Å². The van der Waals surface area contributed by atoms with Crippen LogP contribution in [-0.2, 0) is 27.0 Å². The standard InChI is InChI=1S/C28H25ClF3NO7/c1-37-17-9-7-15(22(12-17)38-2)14-33-21-10-8-16(29)11-19(21)25(40-23(27(33)36)13-24(34)35)18-5-4-6-20(26(18)39-3)28(30,31)32/h4-12,23,25H,13-14H2,1-3H3,(H,34,35)/t23-,25-/m1/s1. The van der Waals surface area contributed by atoms with Crippen LogP contribution in [0.4, 0.5) is 18.9 Å². The third kappa shape index (κ3) is 5.80. The number of hydrogen-bond donors (Lipinski definition) is 1. The molecule has 212 valence electrons. The first kappa shape index (κ1) is 29.0. The Balaban J connectivity index is 1.94. The van der Waals surface area contributed by atoms with Gasteiger partial charge >= 0.3 is 12.1 Å². The number of hydrogen-bond acceptors (Lipinski definition) is 6. The molecule has 3 aromatic rings. The molecule has 0 saturated carbocycles. The topological polar surface area (TPSA) is 94.5 Å². The molecule has 4 rings (SSSR count). The number of ether oxygens (including phenoxy) is 4. The first-order valence-corrected chi connectivity index (χ1v) is 12.3. The van der Waals surface area contributed by atoms with E-state index in [4.69, 9.17) is 30.5 Å². The summed E-state index contributed by atoms with van der Waals surface area (Å²) in [7, 11) is 4.02. The minimum absolute atomic E-state index is 0.0482. The fraction of sp³-hybridized carbons (Fsp3) is 0.286. The van der Waals surface area contributed by atoms with E-state index in [0.29, 0.717) is 17.1 Å². The van der Waals surface area contributed by atoms with E-state index >= 15 is 0 Å². The van der Waals surface area contributed by atoms with E-state index in [2.05, 4.69) is 0 Å². The maximum Gasteiger partial charge on any atom is 0.419 e. The highest BCUT2D eigenvalue weighted by molar-refractivity contribution is 6.30. The normalized spacial score (nSPS) is 17.2. The lowest BCUT2D eigenvalue weighted by atomic mass is 9.96. The Morgan fingerprint density at radius 3 is 2.40 bits per heavy atom. The number of carbonyl (C=O) groups excluding carboxylic acids is 1. The zero-order chi connectivity index (χ0) is 29.2. The van der Waals surface area contributed by atoms with Crippen molar-refractivity contribution in [2.45, 2.75) is 31.3 Å². The quantitative estimate of drug-likeness (QED) is 0.356. The maximum atomic E-state index is 13.9. The summed E-state index contributed by atoms with van der Waals surface area (Å²) in [5, 5.41) is 9.81. The van der Waals surface area contributed by atoms with Gasteiger partial charge < -0.3 is 29.0 Å². The minimum Gasteiger partial charge on any atom is -0.497 e. The van der Waals surface area contributed by atoms with Crippen LogP contribution >= 0.6 is 11.6 Å². The number of halogens is 4. The number of para-hydroxylation sites is 1. The highest BCUT2D eigenvalue weighted by Gasteiger charge is 2.41. The number of fused-ring (bicyclic) bond motifs is 1. The molecule has 40 heavy (non-hydrogen) atoms. The number of carboxylic acid groups (broad SMARTS) is 1. The molecular formula is C28H25ClF3NO7. The van der Waals surface area contributed by atoms with Gasteiger partial charge in [-0.15, -0.1) is 0 Å². The summed E-state index contributed by atoms with van der Waals surface area (Å²) in [6.07, 6.45) is -8.38. The van der Waals surface area contributed by atoms with Crippen molar-refractivity contribution in [3.05, 3.63) is 81.9 Å². The lowest BCUT2D eigenvalue weighted by molar-refractivity contribution is -0.147. The zero-order valence-electron chi connectivity index (χ0n) is 21.6. The number of amides is 1. The number of methoxy groups -OCH3 is 3. The summed E-state index contributed by atoms with van der Waals surface area (Å²) >= 11 is 6.31. The van der Waals surface area contributed by atoms with E-state index in [1.54, 1.807) is 18.2 Å². The van der Waals surface area contributed by atoms with Gasteiger partial charge in [0.1, 0.15) is 29.5 Å². The van der Waals surface area contributed by atoms with Crippen LogP contribution < -0.4 is 19.1 Å². The second-order valence-corrected chi connectivity index (χ2v) is 9.27. The van der Waals surface area contributed by atoms with Crippen LogP contribution in [0.3, 0.4) is 0 Å². The predicted molar refractivity (Wildman–Crippen MR) is 139 cm³/mol. The van der Waals surface area contributed by atoms with Crippen LogP contribution in [-0.4, -0.2) is 44.4 Å². The molecule has 0 aliphatic carbocycles. The van der Waals surface area contributed by atoms with E-state index in [0.717, 1.165) is 13.2 Å². The smallest absolute Gasteiger partial charge is 0.419 e. The Morgan fingerprint density at radius 2 is 1.77 bits per heavy atom. The van der Waals surface area contributed by atoms with Gasteiger partial charge in [-0.2, -0.15) is 13.2 Å². The van der Waals surface area contributed by atoms with Gasteiger partial charge in [-0.3, -0.25) is 9.59 Å². The van der Waals surface area contributed by atoms with Gasteiger partial charge in [-0.25, -0.2) is 0 Å². The van der Waals surface area contributed by atoms with Crippen molar-refractivity contribution in [2.75, 3.05) is 26.2 Å². The molecule has 0 radical (unpaired) electrons. The molecule has 0 aromatic heterocycles. The summed E-state index contributed by atoms with van der Waals surface area (Å²) in [6, 6.07) is 12.9. The van der Waals surface area contributed by atoms with Gasteiger partial charge in [-0.05, 0) is 36.4 Å². The highest BCUT2D eigenvalue weighted by Crippen LogP contribution is 2.47. The highest BCUT2D eigenvalue weighted by atomic mass is 35.5. The number of carbonyl (C=O) groups is 2. The van der Waals surface area contributed by atoms with Gasteiger partial charge in [0.25, 0.3) is 5.91 Å². The lowest BCUT2D eigenvalue weighted by Gasteiger charge is -2.26. The van der Waals surface area contributed by atoms with E-state index in [-0.39, 0.29) is 28.4 Å². The van der Waals surface area contributed by atoms with E-state index in [1.165, 1.54) is 49.5 Å². The third-order valence-electron chi connectivity index (χ3n) is 6.42. The van der Waals surface area contributed by atoms with Gasteiger partial charge in [0.15, 0.2) is 0 Å². The van der Waals surface area contributed by atoms with Gasteiger partial charge in [0.2, 0.25) is 0 Å². The van der Waals surface area contributed by atoms with Gasteiger partial charge in [-0.1, -0.05) is 23.7 Å². The molecule has 0 unspecified atom stereocenters. The zero-order valence-corrected chi connectivity index (χ0v) is 22.4. The van der Waals surface area contributed by atoms with Crippen LogP contribution in [0.25, 0.3) is 0 Å². The minimum atomic E-state index is -4.75. The van der Waals surface area contributed by atoms with Crippen molar-refractivity contribution in [3.63, 3.8) is 0 Å². The van der Waals surface area contributed by atoms with E-state index < -0.39 is 48.0 Å². The molecule has 0 spiro atoms. The Kier molecular flexibility index (Phi) is 8.45. The molecule has 1 amide bonds. The van der Waals surface area contributed by atoms with Crippen molar-refractivity contribution in [1.82, 2.24) is 0 Å². The number of aliphatic carboxylic acids is 1. The van der Waals surface area contributed by atoms with Crippen LogP contribution in [0.15, 0.2) is 54.6 Å². The second-order valence-electron chi connectivity index (χ2n) is 8.83. The number of rotatable bonds is 8. The molecule has 0 bridgehead atoms. The van der Waals surface area contributed by atoms with E-state index in [1.807, 2.05) is 0 Å². The number of benzene rings is 3. The Bertz CT molecular complexity index is 1430. The Hall–Kier alpha value is -3.96. The summed E-state index contributed by atoms with van der Waals surface area (Å²) < 4.78 is 63.5. The average molecular weight is 580 g/mol. The molecule has 2 atom stereocenters. The van der Waals surface area contributed by atoms with E-state index in [9.17, 15) is 27.9 Å². The molecule has 1 aliphatic rings. The number of alkyl halides is 3. The maximum absolute atomic E-state index is 13.9. The number of nitrogens with zero attached hydrogens (tertiary/aromatic N) is 1. The summed E-state index contributed by atoms with van der Waals surface area (Å²) in [6.45, 7) is -0.0768. The molecule has 3 aromatic carbocycles. The fourth-order valence-corrected chi connectivity index (χ4v) is 4.81. The monoisotopic (exact) mass is 579 g/mol. The summed E-state index contributed by atoms with van der Waals surface area (Å²) in [5.41, 5.74) is -0.0250. The van der Waals surface area contributed by atoms with Gasteiger partial charge in [0, 0.05) is 27.8 Å². The molecule has 8 nitrogen and oxygen atoms in total. The summed E-state index contributed by atoms with van der Waals surface area (Å²) in [5.74, 6) is -1.65. The molecule has 0 fully saturated rings. The Morgan fingerprint density at radius 1 is 1.02 bits per heavy atom. The first-order valence-electron chi connectivity index (χ1n) is 11.9. The van der Waals surface area contributed by atoms with Crippen LogP contribution in [0.1, 0.15) is 34.8 Å². The van der Waals surface area contributed by atoms with Crippen molar-refractivity contribution >= 4 is 29.2 Å². The molecular weight excluding hydrogens is 555 g/mol. The SMILES string of the molecule is COc1ccc(CN2C(=O)[C@@H](CC(=O)O)O[C@H](c3cccc(C(F)(F)F)c3OC)c3cc(Cl)ccc32)c(OC)c1. The van der Waals surface area contributed by atoms with Crippen LogP contribution in [0.2, 0.25) is 5.02 Å². The third-order valence-corrected chi connectivity index (χ3v) is 6.66. The largest absolute Gasteiger partial charge is 0.497 e. The van der Waals surface area contributed by atoms with Crippen LogP contribution in [0.5, 0.6) is 17.2 Å². The second kappa shape index (κ2) is 11.6. The molecule has 1 aliphatic heterocycles. The van der Waals surface area contributed by atoms with Crippen LogP contribution in [0, 0.1) is 0 Å². The average Bonchev–Trinajstić information content (AvgIpc) is 3.02. The van der Waals surface area contributed by atoms with Crippen molar-refractivity contribution in [3.8, 4) is 17.2 Å². The molecule has 0 saturated heterocycles. The number of anilines is 1. The summed E-state index contributed by atoms with van der Waals surface area (Å²) in [4.78, 5) is 26.9.